The van der Waals surface area contributed by atoms with Gasteiger partial charge in [-0.25, -0.2) is 4.98 Å². The lowest BCUT2D eigenvalue weighted by Gasteiger charge is -2.26. The van der Waals surface area contributed by atoms with E-state index >= 15 is 0 Å². The van der Waals surface area contributed by atoms with Gasteiger partial charge in [0, 0.05) is 31.3 Å². The number of rotatable bonds is 6. The lowest BCUT2D eigenvalue weighted by Crippen LogP contribution is -2.38. The van der Waals surface area contributed by atoms with Gasteiger partial charge in [-0.15, -0.1) is 0 Å². The Kier molecular flexibility index (Phi) is 6.48. The molecular formula is C19H20F3N3O3. The number of benzene rings is 1. The molecule has 0 unspecified atom stereocenters. The summed E-state index contributed by atoms with van der Waals surface area (Å²) in [4.78, 5) is 18.5. The second-order valence-electron chi connectivity index (χ2n) is 6.22. The second kappa shape index (κ2) is 9.03. The van der Waals surface area contributed by atoms with Gasteiger partial charge in [-0.1, -0.05) is 0 Å². The van der Waals surface area contributed by atoms with Crippen molar-refractivity contribution in [1.29, 1.82) is 0 Å². The third kappa shape index (κ3) is 5.67. The predicted molar refractivity (Wildman–Crippen MR) is 96.4 cm³/mol. The fraction of sp³-hybridized carbons (Fsp3) is 0.368. The van der Waals surface area contributed by atoms with Crippen LogP contribution in [0, 0.1) is 0 Å². The van der Waals surface area contributed by atoms with Crippen molar-refractivity contribution in [3.05, 3.63) is 53.7 Å². The third-order valence-corrected chi connectivity index (χ3v) is 4.23. The molecule has 0 spiro atoms. The van der Waals surface area contributed by atoms with Crippen LogP contribution in [0.3, 0.4) is 0 Å². The Balaban J connectivity index is 1.48. The molecule has 2 aromatic rings. The van der Waals surface area contributed by atoms with Gasteiger partial charge in [0.15, 0.2) is 0 Å². The lowest BCUT2D eigenvalue weighted by molar-refractivity contribution is -0.137. The largest absolute Gasteiger partial charge is 0.476 e. The molecule has 3 rings (SSSR count). The molecule has 0 saturated carbocycles. The Morgan fingerprint density at radius 2 is 1.86 bits per heavy atom. The van der Waals surface area contributed by atoms with Crippen LogP contribution in [0.1, 0.15) is 15.9 Å². The van der Waals surface area contributed by atoms with E-state index in [1.165, 1.54) is 6.20 Å². The van der Waals surface area contributed by atoms with E-state index in [2.05, 4.69) is 15.2 Å². The van der Waals surface area contributed by atoms with E-state index in [9.17, 15) is 18.0 Å². The first kappa shape index (κ1) is 20.1. The van der Waals surface area contributed by atoms with Gasteiger partial charge in [-0.3, -0.25) is 9.69 Å². The first-order valence-corrected chi connectivity index (χ1v) is 8.79. The van der Waals surface area contributed by atoms with Crippen LogP contribution in [-0.4, -0.2) is 55.2 Å². The quantitative estimate of drug-likeness (QED) is 0.815. The van der Waals surface area contributed by atoms with E-state index in [4.69, 9.17) is 9.47 Å². The average molecular weight is 395 g/mol. The highest BCUT2D eigenvalue weighted by Gasteiger charge is 2.30. The van der Waals surface area contributed by atoms with Crippen LogP contribution < -0.4 is 10.1 Å². The molecule has 1 aromatic heterocycles. The van der Waals surface area contributed by atoms with Crippen molar-refractivity contribution in [2.24, 2.45) is 0 Å². The fourth-order valence-electron chi connectivity index (χ4n) is 2.66. The molecule has 1 amide bonds. The first-order valence-electron chi connectivity index (χ1n) is 8.79. The zero-order chi connectivity index (χ0) is 20.0. The Morgan fingerprint density at radius 3 is 2.46 bits per heavy atom. The number of nitrogens with zero attached hydrogens (tertiary/aromatic N) is 2. The van der Waals surface area contributed by atoms with Crippen LogP contribution in [0.25, 0.3) is 0 Å². The number of amides is 1. The predicted octanol–water partition coefficient (Wildman–Crippen LogP) is 3.06. The topological polar surface area (TPSA) is 63.7 Å². The highest BCUT2D eigenvalue weighted by molar-refractivity contribution is 6.04. The molecule has 1 N–H and O–H groups in total. The van der Waals surface area contributed by atoms with E-state index in [1.807, 2.05) is 0 Å². The average Bonchev–Trinajstić information content (AvgIpc) is 2.69. The highest BCUT2D eigenvalue weighted by Crippen LogP contribution is 2.29. The molecule has 9 heteroatoms. The van der Waals surface area contributed by atoms with Crippen LogP contribution in [0.4, 0.5) is 18.9 Å². The van der Waals surface area contributed by atoms with Gasteiger partial charge in [0.05, 0.1) is 30.7 Å². The molecule has 0 radical (unpaired) electrons. The molecule has 6 nitrogen and oxygen atoms in total. The van der Waals surface area contributed by atoms with Gasteiger partial charge in [-0.05, 0) is 30.3 Å². The number of hydrogen-bond donors (Lipinski definition) is 1. The number of carbonyl (C=O) groups is 1. The van der Waals surface area contributed by atoms with Crippen molar-refractivity contribution < 1.29 is 27.4 Å². The van der Waals surface area contributed by atoms with Crippen molar-refractivity contribution >= 4 is 11.6 Å². The minimum atomic E-state index is -4.43. The van der Waals surface area contributed by atoms with Gasteiger partial charge in [0.2, 0.25) is 5.88 Å². The van der Waals surface area contributed by atoms with Crippen LogP contribution in [0.5, 0.6) is 5.88 Å². The summed E-state index contributed by atoms with van der Waals surface area (Å²) in [5.74, 6) is -0.0858. The van der Waals surface area contributed by atoms with Gasteiger partial charge in [0.25, 0.3) is 5.91 Å². The summed E-state index contributed by atoms with van der Waals surface area (Å²) in [5.41, 5.74) is -0.256. The molecule has 2 heterocycles. The molecule has 1 aliphatic heterocycles. The number of halogens is 3. The SMILES string of the molecule is O=C(Nc1ccc(OCCN2CCOCC2)nc1)c1ccc(C(F)(F)F)cc1. The minimum Gasteiger partial charge on any atom is -0.476 e. The maximum absolute atomic E-state index is 12.6. The number of morpholine rings is 1. The Morgan fingerprint density at radius 1 is 1.14 bits per heavy atom. The number of aromatic nitrogens is 1. The number of pyridine rings is 1. The van der Waals surface area contributed by atoms with Crippen LogP contribution >= 0.6 is 0 Å². The molecular weight excluding hydrogens is 375 g/mol. The molecule has 1 aromatic carbocycles. The zero-order valence-electron chi connectivity index (χ0n) is 15.0. The van der Waals surface area contributed by atoms with Crippen LogP contribution in [0.2, 0.25) is 0 Å². The summed E-state index contributed by atoms with van der Waals surface area (Å²) >= 11 is 0. The van der Waals surface area contributed by atoms with Crippen molar-refractivity contribution in [2.75, 3.05) is 44.8 Å². The molecule has 0 aliphatic carbocycles. The highest BCUT2D eigenvalue weighted by atomic mass is 19.4. The lowest BCUT2D eigenvalue weighted by atomic mass is 10.1. The normalized spacial score (nSPS) is 15.2. The number of carbonyl (C=O) groups excluding carboxylic acids is 1. The molecule has 1 saturated heterocycles. The zero-order valence-corrected chi connectivity index (χ0v) is 15.0. The smallest absolute Gasteiger partial charge is 0.416 e. The Labute approximate surface area is 160 Å². The monoisotopic (exact) mass is 395 g/mol. The second-order valence-corrected chi connectivity index (χ2v) is 6.22. The molecule has 28 heavy (non-hydrogen) atoms. The minimum absolute atomic E-state index is 0.124. The Hall–Kier alpha value is -2.65. The Bertz CT molecular complexity index is 774. The van der Waals surface area contributed by atoms with E-state index in [1.54, 1.807) is 12.1 Å². The number of anilines is 1. The van der Waals surface area contributed by atoms with Crippen LogP contribution in [0.15, 0.2) is 42.6 Å². The van der Waals surface area contributed by atoms with E-state index in [0.29, 0.717) is 18.2 Å². The van der Waals surface area contributed by atoms with Gasteiger partial charge in [0.1, 0.15) is 6.61 Å². The summed E-state index contributed by atoms with van der Waals surface area (Å²) in [6.45, 7) is 4.48. The van der Waals surface area contributed by atoms with Crippen molar-refractivity contribution in [2.45, 2.75) is 6.18 Å². The first-order chi connectivity index (χ1) is 13.4. The maximum Gasteiger partial charge on any atom is 0.416 e. The van der Waals surface area contributed by atoms with E-state index < -0.39 is 17.6 Å². The van der Waals surface area contributed by atoms with Crippen LogP contribution in [-0.2, 0) is 10.9 Å². The summed E-state index contributed by atoms with van der Waals surface area (Å²) < 4.78 is 48.6. The van der Waals surface area contributed by atoms with Gasteiger partial charge in [-0.2, -0.15) is 13.2 Å². The van der Waals surface area contributed by atoms with Gasteiger partial charge >= 0.3 is 6.18 Å². The summed E-state index contributed by atoms with van der Waals surface area (Å²) in [5, 5.41) is 2.59. The standard InChI is InChI=1S/C19H20F3N3O3/c20-19(21,22)15-3-1-14(2-4-15)18(26)24-16-5-6-17(23-13-16)28-12-9-25-7-10-27-11-8-25/h1-6,13H,7-12H2,(H,24,26). The number of nitrogens with one attached hydrogen (secondary N) is 1. The van der Waals surface area contributed by atoms with E-state index in [0.717, 1.165) is 57.1 Å². The number of alkyl halides is 3. The maximum atomic E-state index is 12.6. The fourth-order valence-corrected chi connectivity index (χ4v) is 2.66. The van der Waals surface area contributed by atoms with Crippen molar-refractivity contribution in [1.82, 2.24) is 9.88 Å². The summed E-state index contributed by atoms with van der Waals surface area (Å²) in [6, 6.07) is 7.27. The molecule has 0 atom stereocenters. The van der Waals surface area contributed by atoms with Crippen molar-refractivity contribution in [3.8, 4) is 5.88 Å². The number of hydrogen-bond acceptors (Lipinski definition) is 5. The molecule has 150 valence electrons. The summed E-state index contributed by atoms with van der Waals surface area (Å²) in [7, 11) is 0. The third-order valence-electron chi connectivity index (χ3n) is 4.23. The number of ether oxygens (including phenoxy) is 2. The van der Waals surface area contributed by atoms with Gasteiger partial charge < -0.3 is 14.8 Å². The van der Waals surface area contributed by atoms with E-state index in [-0.39, 0.29) is 5.56 Å². The molecule has 1 aliphatic rings. The molecule has 1 fully saturated rings. The van der Waals surface area contributed by atoms with Crippen molar-refractivity contribution in [3.63, 3.8) is 0 Å². The summed E-state index contributed by atoms with van der Waals surface area (Å²) in [6.07, 6.45) is -3.00. The molecule has 0 bridgehead atoms.